The van der Waals surface area contributed by atoms with Gasteiger partial charge in [-0.25, -0.2) is 4.79 Å². The first kappa shape index (κ1) is 31.5. The number of carbonyl (C=O) groups excluding carboxylic acids is 3. The number of thioether (sulfide) groups is 2. The van der Waals surface area contributed by atoms with Crippen molar-refractivity contribution in [3.05, 3.63) is 36.0 Å². The van der Waals surface area contributed by atoms with Gasteiger partial charge in [0.25, 0.3) is 0 Å². The Hall–Kier alpha value is -2.74. The number of benzene rings is 1. The van der Waals surface area contributed by atoms with Crippen molar-refractivity contribution in [1.82, 2.24) is 20.9 Å². The summed E-state index contributed by atoms with van der Waals surface area (Å²) in [5.74, 6) is -2.03. The molecule has 0 saturated carbocycles. The van der Waals surface area contributed by atoms with Gasteiger partial charge in [0.15, 0.2) is 0 Å². The summed E-state index contributed by atoms with van der Waals surface area (Å²) in [6, 6.07) is 3.03. The lowest BCUT2D eigenvalue weighted by atomic mass is 10.0. The van der Waals surface area contributed by atoms with Gasteiger partial charge in [-0.1, -0.05) is 18.2 Å². The third-order valence-electron chi connectivity index (χ3n) is 6.02. The molecule has 5 unspecified atom stereocenters. The molecule has 2 rings (SSSR count). The maximum Gasteiger partial charge on any atom is 0.326 e. The van der Waals surface area contributed by atoms with Crippen molar-refractivity contribution in [2.24, 2.45) is 5.73 Å². The Kier molecular flexibility index (Phi) is 12.9. The average molecular weight is 568 g/mol. The van der Waals surface area contributed by atoms with Gasteiger partial charge in [0.05, 0.1) is 6.10 Å². The van der Waals surface area contributed by atoms with E-state index in [2.05, 4.69) is 20.9 Å². The quantitative estimate of drug-likeness (QED) is 0.151. The standard InChI is InChI=1S/C25H37N5O6S2/c1-14(31)21(26)24(34)30-20(12-15-13-27-17-7-5-4-6-16(15)17)23(33)28-18(8-10-37-2)22(32)29-19(25(35)36)9-11-38-3/h4-7,13-14,18-21,27,31H,8-12,26H2,1-3H3,(H,28,33)(H,29,32)(H,30,34)(H,35,36). The van der Waals surface area contributed by atoms with E-state index >= 15 is 0 Å². The van der Waals surface area contributed by atoms with Crippen molar-refractivity contribution in [1.29, 1.82) is 0 Å². The van der Waals surface area contributed by atoms with Crippen molar-refractivity contribution < 1.29 is 29.4 Å². The number of fused-ring (bicyclic) bond motifs is 1. The number of aliphatic hydroxyl groups is 1. The molecule has 0 radical (unpaired) electrons. The first-order valence-corrected chi connectivity index (χ1v) is 15.0. The molecule has 11 nitrogen and oxygen atoms in total. The predicted octanol–water partition coefficient (Wildman–Crippen LogP) is 0.464. The Balaban J connectivity index is 2.27. The second kappa shape index (κ2) is 15.6. The highest BCUT2D eigenvalue weighted by Crippen LogP contribution is 2.19. The Morgan fingerprint density at radius 2 is 1.47 bits per heavy atom. The molecule has 210 valence electrons. The van der Waals surface area contributed by atoms with E-state index in [1.807, 2.05) is 36.8 Å². The molecule has 0 aliphatic rings. The van der Waals surface area contributed by atoms with Gasteiger partial charge < -0.3 is 36.9 Å². The fourth-order valence-corrected chi connectivity index (χ4v) is 4.70. The number of carbonyl (C=O) groups is 4. The summed E-state index contributed by atoms with van der Waals surface area (Å²) in [7, 11) is 0. The highest BCUT2D eigenvalue weighted by atomic mass is 32.2. The molecule has 38 heavy (non-hydrogen) atoms. The summed E-state index contributed by atoms with van der Waals surface area (Å²) in [6.45, 7) is 1.37. The van der Waals surface area contributed by atoms with Crippen LogP contribution in [0.5, 0.6) is 0 Å². The Labute approximate surface area is 230 Å². The maximum absolute atomic E-state index is 13.5. The molecule has 1 aromatic carbocycles. The zero-order valence-corrected chi connectivity index (χ0v) is 23.4. The van der Waals surface area contributed by atoms with Gasteiger partial charge in [0, 0.05) is 23.5 Å². The molecule has 3 amide bonds. The number of aromatic nitrogens is 1. The third-order valence-corrected chi connectivity index (χ3v) is 7.31. The normalized spacial score (nSPS) is 15.2. The maximum atomic E-state index is 13.5. The minimum atomic E-state index is -1.25. The smallest absolute Gasteiger partial charge is 0.326 e. The van der Waals surface area contributed by atoms with Crippen molar-refractivity contribution >= 4 is 58.1 Å². The molecular formula is C25H37N5O6S2. The number of carboxylic acids is 1. The first-order chi connectivity index (χ1) is 18.1. The summed E-state index contributed by atoms with van der Waals surface area (Å²) >= 11 is 2.94. The summed E-state index contributed by atoms with van der Waals surface area (Å²) in [5.41, 5.74) is 7.41. The molecule has 0 aliphatic carbocycles. The van der Waals surface area contributed by atoms with E-state index in [0.717, 1.165) is 16.5 Å². The van der Waals surface area contributed by atoms with Gasteiger partial charge in [0.1, 0.15) is 24.2 Å². The number of amides is 3. The number of nitrogens with two attached hydrogens (primary N) is 1. The van der Waals surface area contributed by atoms with Gasteiger partial charge in [-0.05, 0) is 55.4 Å². The van der Waals surface area contributed by atoms with E-state index in [-0.39, 0.29) is 19.3 Å². The number of aromatic amines is 1. The second-order valence-corrected chi connectivity index (χ2v) is 10.9. The van der Waals surface area contributed by atoms with Crippen LogP contribution in [0, 0.1) is 0 Å². The number of hydrogen-bond acceptors (Lipinski definition) is 8. The number of rotatable bonds is 16. The van der Waals surface area contributed by atoms with Gasteiger partial charge in [-0.2, -0.15) is 23.5 Å². The number of nitrogens with one attached hydrogen (secondary N) is 4. The van der Waals surface area contributed by atoms with Crippen molar-refractivity contribution in [2.45, 2.75) is 56.5 Å². The molecule has 0 spiro atoms. The van der Waals surface area contributed by atoms with Crippen LogP contribution in [0.3, 0.4) is 0 Å². The number of H-pyrrole nitrogens is 1. The van der Waals surface area contributed by atoms with Crippen LogP contribution in [-0.2, 0) is 25.6 Å². The zero-order chi connectivity index (χ0) is 28.2. The van der Waals surface area contributed by atoms with Gasteiger partial charge in [0.2, 0.25) is 17.7 Å². The SMILES string of the molecule is CSCCC(NC(=O)C(CCSC)NC(=O)C(Cc1c[nH]c2ccccc12)NC(=O)C(N)C(C)O)C(=O)O. The third kappa shape index (κ3) is 9.22. The molecular weight excluding hydrogens is 530 g/mol. The molecule has 5 atom stereocenters. The fraction of sp³-hybridized carbons (Fsp3) is 0.520. The largest absolute Gasteiger partial charge is 0.480 e. The van der Waals surface area contributed by atoms with E-state index in [4.69, 9.17) is 5.73 Å². The first-order valence-electron chi connectivity index (χ1n) is 12.2. The Morgan fingerprint density at radius 1 is 0.921 bits per heavy atom. The lowest BCUT2D eigenvalue weighted by molar-refractivity contribution is -0.142. The molecule has 13 heteroatoms. The van der Waals surface area contributed by atoms with E-state index in [1.165, 1.54) is 30.4 Å². The minimum absolute atomic E-state index is 0.0937. The highest BCUT2D eigenvalue weighted by Gasteiger charge is 2.31. The van der Waals surface area contributed by atoms with Crippen LogP contribution in [-0.4, -0.2) is 93.2 Å². The molecule has 1 heterocycles. The molecule has 2 aromatic rings. The highest BCUT2D eigenvalue weighted by molar-refractivity contribution is 7.98. The zero-order valence-electron chi connectivity index (χ0n) is 21.7. The van der Waals surface area contributed by atoms with Gasteiger partial charge in [-0.15, -0.1) is 0 Å². The topological polar surface area (TPSA) is 187 Å². The van der Waals surface area contributed by atoms with Gasteiger partial charge in [-0.3, -0.25) is 14.4 Å². The summed E-state index contributed by atoms with van der Waals surface area (Å²) in [6.07, 6.45) is 4.89. The molecule has 1 aromatic heterocycles. The predicted molar refractivity (Wildman–Crippen MR) is 151 cm³/mol. The van der Waals surface area contributed by atoms with Crippen LogP contribution >= 0.6 is 23.5 Å². The second-order valence-electron chi connectivity index (χ2n) is 8.91. The molecule has 0 saturated heterocycles. The molecule has 0 aliphatic heterocycles. The summed E-state index contributed by atoms with van der Waals surface area (Å²) in [4.78, 5) is 53.9. The Bertz CT molecular complexity index is 1100. The minimum Gasteiger partial charge on any atom is -0.480 e. The number of aliphatic carboxylic acids is 1. The van der Waals surface area contributed by atoms with E-state index in [9.17, 15) is 29.4 Å². The Morgan fingerprint density at radius 3 is 2.08 bits per heavy atom. The number of carboxylic acid groups (broad SMARTS) is 1. The monoisotopic (exact) mass is 567 g/mol. The van der Waals surface area contributed by atoms with Crippen LogP contribution in [0.4, 0.5) is 0 Å². The molecule has 8 N–H and O–H groups in total. The summed E-state index contributed by atoms with van der Waals surface area (Å²) < 4.78 is 0. The van der Waals surface area contributed by atoms with Crippen LogP contribution in [0.1, 0.15) is 25.3 Å². The van der Waals surface area contributed by atoms with Crippen LogP contribution < -0.4 is 21.7 Å². The average Bonchev–Trinajstić information content (AvgIpc) is 3.30. The lowest BCUT2D eigenvalue weighted by Crippen LogP contribution is -2.58. The van der Waals surface area contributed by atoms with E-state index < -0.39 is 54.0 Å². The van der Waals surface area contributed by atoms with E-state index in [0.29, 0.717) is 11.5 Å². The van der Waals surface area contributed by atoms with Crippen molar-refractivity contribution in [2.75, 3.05) is 24.0 Å². The number of aliphatic hydroxyl groups excluding tert-OH is 1. The van der Waals surface area contributed by atoms with Crippen LogP contribution in [0.15, 0.2) is 30.5 Å². The molecule has 0 bridgehead atoms. The van der Waals surface area contributed by atoms with Crippen molar-refractivity contribution in [3.63, 3.8) is 0 Å². The number of para-hydroxylation sites is 1. The van der Waals surface area contributed by atoms with Gasteiger partial charge >= 0.3 is 5.97 Å². The number of hydrogen-bond donors (Lipinski definition) is 7. The lowest BCUT2D eigenvalue weighted by Gasteiger charge is -2.25. The van der Waals surface area contributed by atoms with Crippen LogP contribution in [0.25, 0.3) is 10.9 Å². The van der Waals surface area contributed by atoms with E-state index in [1.54, 1.807) is 6.20 Å². The summed E-state index contributed by atoms with van der Waals surface area (Å²) in [5, 5.41) is 28.0. The fourth-order valence-electron chi connectivity index (χ4n) is 3.76. The van der Waals surface area contributed by atoms with Crippen LogP contribution in [0.2, 0.25) is 0 Å². The molecule has 0 fully saturated rings. The van der Waals surface area contributed by atoms with Crippen molar-refractivity contribution in [3.8, 4) is 0 Å².